The summed E-state index contributed by atoms with van der Waals surface area (Å²) in [6.07, 6.45) is 2.41. The standard InChI is InChI=1S/C19H28N2O3S/c1-15-12-16(2)14-20(13-15)19(22)17-8-10-21(11-9-17)25(23,24)18-6-4-3-5-7-18/h3-7,15-17H,8-14H2,1-2H3/t15-,16-/m1/s1. The lowest BCUT2D eigenvalue weighted by Crippen LogP contribution is -2.48. The van der Waals surface area contributed by atoms with Gasteiger partial charge in [-0.15, -0.1) is 0 Å². The lowest BCUT2D eigenvalue weighted by atomic mass is 9.89. The number of hydrogen-bond acceptors (Lipinski definition) is 3. The molecule has 2 heterocycles. The summed E-state index contributed by atoms with van der Waals surface area (Å²) in [5.74, 6) is 1.27. The molecule has 1 aromatic rings. The minimum Gasteiger partial charge on any atom is -0.342 e. The van der Waals surface area contributed by atoms with Crippen LogP contribution in [-0.4, -0.2) is 49.7 Å². The first-order valence-electron chi connectivity index (χ1n) is 9.22. The molecule has 1 aromatic carbocycles. The average molecular weight is 365 g/mol. The fourth-order valence-corrected chi connectivity index (χ4v) is 5.68. The molecule has 0 unspecified atom stereocenters. The number of rotatable bonds is 3. The number of amides is 1. The molecule has 2 aliphatic heterocycles. The van der Waals surface area contributed by atoms with Crippen LogP contribution in [0.5, 0.6) is 0 Å². The van der Waals surface area contributed by atoms with Gasteiger partial charge in [-0.1, -0.05) is 32.0 Å². The fourth-order valence-electron chi connectivity index (χ4n) is 4.19. The molecule has 0 radical (unpaired) electrons. The molecular formula is C19H28N2O3S. The van der Waals surface area contributed by atoms with E-state index in [9.17, 15) is 13.2 Å². The van der Waals surface area contributed by atoms with Gasteiger partial charge in [-0.2, -0.15) is 4.31 Å². The van der Waals surface area contributed by atoms with Gasteiger partial charge in [0.05, 0.1) is 4.90 Å². The molecule has 0 aliphatic carbocycles. The smallest absolute Gasteiger partial charge is 0.243 e. The molecule has 25 heavy (non-hydrogen) atoms. The molecule has 0 bridgehead atoms. The van der Waals surface area contributed by atoms with Crippen LogP contribution in [-0.2, 0) is 14.8 Å². The first kappa shape index (κ1) is 18.4. The average Bonchev–Trinajstić information content (AvgIpc) is 2.61. The van der Waals surface area contributed by atoms with Crippen LogP contribution in [0.25, 0.3) is 0 Å². The molecule has 5 nitrogen and oxygen atoms in total. The van der Waals surface area contributed by atoms with Crippen molar-refractivity contribution >= 4 is 15.9 Å². The molecule has 6 heteroatoms. The second-order valence-electron chi connectivity index (χ2n) is 7.68. The Morgan fingerprint density at radius 3 is 2.12 bits per heavy atom. The van der Waals surface area contributed by atoms with Gasteiger partial charge in [0.25, 0.3) is 0 Å². The SMILES string of the molecule is C[C@@H]1C[C@@H](C)CN(C(=O)C2CCN(S(=O)(=O)c3ccccc3)CC2)C1. The van der Waals surface area contributed by atoms with Crippen LogP contribution in [0.4, 0.5) is 0 Å². The summed E-state index contributed by atoms with van der Waals surface area (Å²) in [7, 11) is -3.45. The Kier molecular flexibility index (Phi) is 5.49. The third kappa shape index (κ3) is 4.06. The summed E-state index contributed by atoms with van der Waals surface area (Å²) in [5.41, 5.74) is 0. The van der Waals surface area contributed by atoms with E-state index in [4.69, 9.17) is 0 Å². The monoisotopic (exact) mass is 364 g/mol. The maximum absolute atomic E-state index is 12.8. The Hall–Kier alpha value is -1.40. The Morgan fingerprint density at radius 2 is 1.56 bits per heavy atom. The van der Waals surface area contributed by atoms with Crippen LogP contribution in [0.3, 0.4) is 0 Å². The van der Waals surface area contributed by atoms with E-state index in [1.165, 1.54) is 10.7 Å². The van der Waals surface area contributed by atoms with E-state index in [0.29, 0.717) is 42.7 Å². The van der Waals surface area contributed by atoms with Gasteiger partial charge in [0.1, 0.15) is 0 Å². The van der Waals surface area contributed by atoms with Crippen molar-refractivity contribution in [2.24, 2.45) is 17.8 Å². The molecule has 0 saturated carbocycles. The van der Waals surface area contributed by atoms with E-state index >= 15 is 0 Å². The Morgan fingerprint density at radius 1 is 1.00 bits per heavy atom. The summed E-state index contributed by atoms with van der Waals surface area (Å²) >= 11 is 0. The predicted octanol–water partition coefficient (Wildman–Crippen LogP) is 2.59. The van der Waals surface area contributed by atoms with Gasteiger partial charge >= 0.3 is 0 Å². The molecule has 2 atom stereocenters. The highest BCUT2D eigenvalue weighted by atomic mass is 32.2. The van der Waals surface area contributed by atoms with Gasteiger partial charge < -0.3 is 4.90 Å². The zero-order valence-corrected chi connectivity index (χ0v) is 15.9. The van der Waals surface area contributed by atoms with Crippen LogP contribution in [0, 0.1) is 17.8 Å². The number of carbonyl (C=O) groups excluding carboxylic acids is 1. The fraction of sp³-hybridized carbons (Fsp3) is 0.632. The highest BCUT2D eigenvalue weighted by Gasteiger charge is 2.35. The van der Waals surface area contributed by atoms with Crippen molar-refractivity contribution in [2.75, 3.05) is 26.2 Å². The number of nitrogens with zero attached hydrogens (tertiary/aromatic N) is 2. The maximum atomic E-state index is 12.8. The normalized spacial score (nSPS) is 26.6. The number of sulfonamides is 1. The summed E-state index contributed by atoms with van der Waals surface area (Å²) < 4.78 is 26.9. The van der Waals surface area contributed by atoms with Crippen molar-refractivity contribution in [2.45, 2.75) is 38.0 Å². The largest absolute Gasteiger partial charge is 0.342 e. The van der Waals surface area contributed by atoms with Gasteiger partial charge in [0.2, 0.25) is 15.9 Å². The molecule has 0 spiro atoms. The van der Waals surface area contributed by atoms with Gasteiger partial charge in [-0.05, 0) is 43.2 Å². The quantitative estimate of drug-likeness (QED) is 0.828. The zero-order valence-electron chi connectivity index (χ0n) is 15.1. The van der Waals surface area contributed by atoms with Crippen LogP contribution < -0.4 is 0 Å². The second kappa shape index (κ2) is 7.46. The van der Waals surface area contributed by atoms with Crippen LogP contribution in [0.15, 0.2) is 35.2 Å². The molecule has 0 aromatic heterocycles. The summed E-state index contributed by atoms with van der Waals surface area (Å²) in [4.78, 5) is 15.2. The summed E-state index contributed by atoms with van der Waals surface area (Å²) in [6.45, 7) is 6.92. The van der Waals surface area contributed by atoms with Crippen molar-refractivity contribution in [3.63, 3.8) is 0 Å². The van der Waals surface area contributed by atoms with Gasteiger partial charge in [0.15, 0.2) is 0 Å². The van der Waals surface area contributed by atoms with Gasteiger partial charge in [-0.3, -0.25) is 4.79 Å². The molecule has 2 saturated heterocycles. The number of benzene rings is 1. The molecule has 3 rings (SSSR count). The molecule has 138 valence electrons. The molecule has 2 aliphatic rings. The minimum absolute atomic E-state index is 0.0419. The highest BCUT2D eigenvalue weighted by Crippen LogP contribution is 2.28. The van der Waals surface area contributed by atoms with Crippen molar-refractivity contribution in [3.05, 3.63) is 30.3 Å². The van der Waals surface area contributed by atoms with Gasteiger partial charge in [-0.25, -0.2) is 8.42 Å². The summed E-state index contributed by atoms with van der Waals surface area (Å²) in [6, 6.07) is 8.54. The first-order valence-corrected chi connectivity index (χ1v) is 10.7. The summed E-state index contributed by atoms with van der Waals surface area (Å²) in [5, 5.41) is 0. The van der Waals surface area contributed by atoms with Gasteiger partial charge in [0, 0.05) is 32.1 Å². The van der Waals surface area contributed by atoms with Crippen molar-refractivity contribution in [1.82, 2.24) is 9.21 Å². The lowest BCUT2D eigenvalue weighted by molar-refractivity contribution is -0.139. The molecule has 0 N–H and O–H groups in total. The second-order valence-corrected chi connectivity index (χ2v) is 9.62. The van der Waals surface area contributed by atoms with E-state index in [1.54, 1.807) is 24.3 Å². The van der Waals surface area contributed by atoms with E-state index in [0.717, 1.165) is 13.1 Å². The number of hydrogen-bond donors (Lipinski definition) is 0. The van der Waals surface area contributed by atoms with Crippen LogP contribution >= 0.6 is 0 Å². The number of carbonyl (C=O) groups is 1. The van der Waals surface area contributed by atoms with Crippen molar-refractivity contribution in [3.8, 4) is 0 Å². The number of likely N-dealkylation sites (tertiary alicyclic amines) is 1. The molecular weight excluding hydrogens is 336 g/mol. The first-order chi connectivity index (χ1) is 11.9. The zero-order chi connectivity index (χ0) is 18.0. The minimum atomic E-state index is -3.45. The Bertz CT molecular complexity index is 687. The van der Waals surface area contributed by atoms with E-state index < -0.39 is 10.0 Å². The maximum Gasteiger partial charge on any atom is 0.243 e. The van der Waals surface area contributed by atoms with E-state index in [2.05, 4.69) is 13.8 Å². The highest BCUT2D eigenvalue weighted by molar-refractivity contribution is 7.89. The van der Waals surface area contributed by atoms with Crippen molar-refractivity contribution < 1.29 is 13.2 Å². The Labute approximate surface area is 151 Å². The molecule has 1 amide bonds. The van der Waals surface area contributed by atoms with E-state index in [-0.39, 0.29) is 11.8 Å². The third-order valence-electron chi connectivity index (χ3n) is 5.36. The lowest BCUT2D eigenvalue weighted by Gasteiger charge is -2.39. The van der Waals surface area contributed by atoms with Crippen molar-refractivity contribution in [1.29, 1.82) is 0 Å². The topological polar surface area (TPSA) is 57.7 Å². The third-order valence-corrected chi connectivity index (χ3v) is 7.28. The number of piperidine rings is 2. The van der Waals surface area contributed by atoms with Crippen LogP contribution in [0.1, 0.15) is 33.1 Å². The van der Waals surface area contributed by atoms with Crippen LogP contribution in [0.2, 0.25) is 0 Å². The predicted molar refractivity (Wildman–Crippen MR) is 97.4 cm³/mol. The Balaban J connectivity index is 1.61. The molecule has 2 fully saturated rings. The van der Waals surface area contributed by atoms with E-state index in [1.807, 2.05) is 11.0 Å².